The molecule has 0 aromatic heterocycles. The Kier molecular flexibility index (Phi) is 5.42. The van der Waals surface area contributed by atoms with Crippen molar-refractivity contribution >= 4 is 5.69 Å². The van der Waals surface area contributed by atoms with Gasteiger partial charge >= 0.3 is 0 Å². The minimum atomic E-state index is -0.197. The fourth-order valence-electron chi connectivity index (χ4n) is 2.18. The average molecular weight is 238 g/mol. The molecule has 0 aliphatic heterocycles. The van der Waals surface area contributed by atoms with Crippen LogP contribution in [0.4, 0.5) is 10.1 Å². The number of benzene rings is 1. The van der Waals surface area contributed by atoms with Crippen molar-refractivity contribution in [2.75, 3.05) is 18.0 Å². The zero-order chi connectivity index (χ0) is 12.8. The molecule has 3 heteroatoms. The van der Waals surface area contributed by atoms with Gasteiger partial charge in [-0.3, -0.25) is 0 Å². The summed E-state index contributed by atoms with van der Waals surface area (Å²) in [5.74, 6) is 0.336. The Morgan fingerprint density at radius 2 is 1.82 bits per heavy atom. The monoisotopic (exact) mass is 238 g/mol. The number of likely N-dealkylation sites (N-methyl/N-ethyl adjacent to an activating group) is 1. The third-order valence-electron chi connectivity index (χ3n) is 3.44. The van der Waals surface area contributed by atoms with Gasteiger partial charge in [-0.05, 0) is 37.1 Å². The van der Waals surface area contributed by atoms with Crippen LogP contribution in [0.25, 0.3) is 0 Å². The van der Waals surface area contributed by atoms with Crippen molar-refractivity contribution in [1.29, 1.82) is 0 Å². The second-order valence-corrected chi connectivity index (χ2v) is 4.45. The molecule has 2 nitrogen and oxygen atoms in total. The molecule has 0 fully saturated rings. The lowest BCUT2D eigenvalue weighted by atomic mass is 9.97. The lowest BCUT2D eigenvalue weighted by Crippen LogP contribution is -2.44. The lowest BCUT2D eigenvalue weighted by molar-refractivity contribution is 0.422. The van der Waals surface area contributed by atoms with E-state index in [4.69, 9.17) is 5.73 Å². The van der Waals surface area contributed by atoms with Crippen molar-refractivity contribution in [3.05, 3.63) is 30.1 Å². The van der Waals surface area contributed by atoms with Crippen molar-refractivity contribution < 1.29 is 4.39 Å². The van der Waals surface area contributed by atoms with E-state index in [1.807, 2.05) is 12.1 Å². The Hall–Kier alpha value is -1.09. The molecule has 1 rings (SSSR count). The summed E-state index contributed by atoms with van der Waals surface area (Å²) < 4.78 is 12.9. The maximum atomic E-state index is 12.9. The summed E-state index contributed by atoms with van der Waals surface area (Å²) in [7, 11) is 0. The maximum absolute atomic E-state index is 12.9. The predicted molar refractivity (Wildman–Crippen MR) is 71.7 cm³/mol. The first-order valence-electron chi connectivity index (χ1n) is 6.36. The van der Waals surface area contributed by atoms with Gasteiger partial charge in [0.15, 0.2) is 0 Å². The van der Waals surface area contributed by atoms with Gasteiger partial charge in [-0.25, -0.2) is 4.39 Å². The van der Waals surface area contributed by atoms with Crippen LogP contribution in [0, 0.1) is 11.7 Å². The van der Waals surface area contributed by atoms with Crippen LogP contribution in [0.15, 0.2) is 24.3 Å². The number of nitrogens with zero attached hydrogens (tertiary/aromatic N) is 1. The summed E-state index contributed by atoms with van der Waals surface area (Å²) in [5.41, 5.74) is 6.92. The van der Waals surface area contributed by atoms with Crippen LogP contribution in [0.5, 0.6) is 0 Å². The first kappa shape index (κ1) is 14.0. The van der Waals surface area contributed by atoms with Crippen molar-refractivity contribution in [3.63, 3.8) is 0 Å². The molecule has 0 saturated carbocycles. The number of rotatable bonds is 6. The number of nitrogens with two attached hydrogens (primary N) is 1. The third-order valence-corrected chi connectivity index (χ3v) is 3.44. The molecule has 2 atom stereocenters. The molecule has 0 bridgehead atoms. The van der Waals surface area contributed by atoms with E-state index in [2.05, 4.69) is 25.7 Å². The SMILES string of the molecule is CCC(C)C(CN)N(CC)c1ccc(F)cc1. The van der Waals surface area contributed by atoms with Crippen LogP contribution < -0.4 is 10.6 Å². The number of hydrogen-bond acceptors (Lipinski definition) is 2. The van der Waals surface area contributed by atoms with Crippen LogP contribution in [-0.4, -0.2) is 19.1 Å². The molecule has 1 aromatic rings. The van der Waals surface area contributed by atoms with E-state index in [1.54, 1.807) is 0 Å². The van der Waals surface area contributed by atoms with Crippen molar-refractivity contribution in [2.45, 2.75) is 33.2 Å². The van der Waals surface area contributed by atoms with Gasteiger partial charge < -0.3 is 10.6 Å². The molecule has 0 aliphatic rings. The third kappa shape index (κ3) is 3.43. The fraction of sp³-hybridized carbons (Fsp3) is 0.571. The summed E-state index contributed by atoms with van der Waals surface area (Å²) in [6.45, 7) is 8.00. The largest absolute Gasteiger partial charge is 0.367 e. The molecule has 0 aliphatic carbocycles. The van der Waals surface area contributed by atoms with Crippen LogP contribution in [0.1, 0.15) is 27.2 Å². The van der Waals surface area contributed by atoms with Gasteiger partial charge in [0.1, 0.15) is 5.82 Å². The van der Waals surface area contributed by atoms with Gasteiger partial charge in [-0.15, -0.1) is 0 Å². The summed E-state index contributed by atoms with van der Waals surface area (Å²) in [6, 6.07) is 6.97. The summed E-state index contributed by atoms with van der Waals surface area (Å²) in [6.07, 6.45) is 1.10. The first-order chi connectivity index (χ1) is 8.13. The van der Waals surface area contributed by atoms with Gasteiger partial charge in [0.2, 0.25) is 0 Å². The zero-order valence-corrected chi connectivity index (χ0v) is 11.0. The smallest absolute Gasteiger partial charge is 0.123 e. The molecular formula is C14H23FN2. The fourth-order valence-corrected chi connectivity index (χ4v) is 2.18. The minimum absolute atomic E-state index is 0.197. The van der Waals surface area contributed by atoms with E-state index in [0.717, 1.165) is 18.7 Å². The van der Waals surface area contributed by atoms with E-state index in [9.17, 15) is 4.39 Å². The summed E-state index contributed by atoms with van der Waals surface area (Å²) >= 11 is 0. The van der Waals surface area contributed by atoms with Gasteiger partial charge in [-0.1, -0.05) is 20.3 Å². The Labute approximate surface area is 104 Å². The Balaban J connectivity index is 2.92. The molecule has 96 valence electrons. The summed E-state index contributed by atoms with van der Waals surface area (Å²) in [5, 5.41) is 0. The van der Waals surface area contributed by atoms with E-state index < -0.39 is 0 Å². The first-order valence-corrected chi connectivity index (χ1v) is 6.36. The van der Waals surface area contributed by atoms with E-state index in [0.29, 0.717) is 18.5 Å². The maximum Gasteiger partial charge on any atom is 0.123 e. The van der Waals surface area contributed by atoms with Crippen molar-refractivity contribution in [1.82, 2.24) is 0 Å². The van der Waals surface area contributed by atoms with Crippen LogP contribution >= 0.6 is 0 Å². The van der Waals surface area contributed by atoms with Crippen LogP contribution in [-0.2, 0) is 0 Å². The molecule has 0 saturated heterocycles. The molecule has 0 radical (unpaired) electrons. The number of hydrogen-bond donors (Lipinski definition) is 1. The van der Waals surface area contributed by atoms with E-state index in [1.165, 1.54) is 12.1 Å². The predicted octanol–water partition coefficient (Wildman–Crippen LogP) is 3.03. The lowest BCUT2D eigenvalue weighted by Gasteiger charge is -2.35. The second kappa shape index (κ2) is 6.60. The minimum Gasteiger partial charge on any atom is -0.367 e. The number of halogens is 1. The van der Waals surface area contributed by atoms with Crippen LogP contribution in [0.3, 0.4) is 0 Å². The molecule has 2 unspecified atom stereocenters. The topological polar surface area (TPSA) is 29.3 Å². The molecular weight excluding hydrogens is 215 g/mol. The van der Waals surface area contributed by atoms with Crippen molar-refractivity contribution in [3.8, 4) is 0 Å². The second-order valence-electron chi connectivity index (χ2n) is 4.45. The normalized spacial score (nSPS) is 14.4. The molecule has 0 spiro atoms. The quantitative estimate of drug-likeness (QED) is 0.825. The Morgan fingerprint density at radius 3 is 2.24 bits per heavy atom. The highest BCUT2D eigenvalue weighted by atomic mass is 19.1. The zero-order valence-electron chi connectivity index (χ0n) is 11.0. The Bertz CT molecular complexity index is 323. The molecule has 1 aromatic carbocycles. The van der Waals surface area contributed by atoms with Gasteiger partial charge in [0.25, 0.3) is 0 Å². The standard InChI is InChI=1S/C14H23FN2/c1-4-11(3)14(10-16)17(5-2)13-8-6-12(15)7-9-13/h6-9,11,14H,4-5,10,16H2,1-3H3. The highest BCUT2D eigenvalue weighted by molar-refractivity contribution is 5.47. The molecule has 2 N–H and O–H groups in total. The summed E-state index contributed by atoms with van der Waals surface area (Å²) in [4.78, 5) is 2.26. The molecule has 17 heavy (non-hydrogen) atoms. The molecule has 0 heterocycles. The van der Waals surface area contributed by atoms with Crippen molar-refractivity contribution in [2.24, 2.45) is 11.7 Å². The van der Waals surface area contributed by atoms with E-state index in [-0.39, 0.29) is 5.82 Å². The molecule has 0 amide bonds. The van der Waals surface area contributed by atoms with Gasteiger partial charge in [0, 0.05) is 24.8 Å². The highest BCUT2D eigenvalue weighted by Crippen LogP contribution is 2.22. The number of anilines is 1. The van der Waals surface area contributed by atoms with E-state index >= 15 is 0 Å². The van der Waals surface area contributed by atoms with Gasteiger partial charge in [0.05, 0.1) is 0 Å². The Morgan fingerprint density at radius 1 is 1.24 bits per heavy atom. The average Bonchev–Trinajstić information content (AvgIpc) is 2.36. The van der Waals surface area contributed by atoms with Gasteiger partial charge in [-0.2, -0.15) is 0 Å². The highest BCUT2D eigenvalue weighted by Gasteiger charge is 2.21. The van der Waals surface area contributed by atoms with Crippen LogP contribution in [0.2, 0.25) is 0 Å².